The van der Waals surface area contributed by atoms with Crippen molar-refractivity contribution in [1.82, 2.24) is 9.97 Å². The Balaban J connectivity index is 2.85. The van der Waals surface area contributed by atoms with Crippen LogP contribution in [0.5, 0.6) is 5.88 Å². The quantitative estimate of drug-likeness (QED) is 0.855. The number of ether oxygens (including phenoxy) is 1. The van der Waals surface area contributed by atoms with Crippen LogP contribution in [-0.2, 0) is 0 Å². The molecular weight excluding hydrogens is 202 g/mol. The maximum Gasteiger partial charge on any atom is 0.226 e. The van der Waals surface area contributed by atoms with Gasteiger partial charge in [-0.2, -0.15) is 4.98 Å². The molecule has 90 valence electrons. The lowest BCUT2D eigenvalue weighted by molar-refractivity contribution is 0.356. The number of aryl methyl sites for hydroxylation is 1. The number of rotatable bonds is 3. The molecule has 1 N–H and O–H groups in total. The lowest BCUT2D eigenvalue weighted by Crippen LogP contribution is -2.31. The molecule has 0 saturated heterocycles. The van der Waals surface area contributed by atoms with Crippen LogP contribution in [0.15, 0.2) is 6.07 Å². The average molecular weight is 223 g/mol. The fraction of sp³-hybridized carbons (Fsp3) is 0.667. The third-order valence-corrected chi connectivity index (χ3v) is 2.68. The van der Waals surface area contributed by atoms with Crippen molar-refractivity contribution in [2.75, 3.05) is 12.4 Å². The van der Waals surface area contributed by atoms with Gasteiger partial charge >= 0.3 is 0 Å². The van der Waals surface area contributed by atoms with Gasteiger partial charge in [-0.05, 0) is 19.3 Å². The summed E-state index contributed by atoms with van der Waals surface area (Å²) >= 11 is 0. The second-order valence-corrected chi connectivity index (χ2v) is 5.11. The van der Waals surface area contributed by atoms with Gasteiger partial charge in [0.05, 0.1) is 7.11 Å². The Hall–Kier alpha value is -1.32. The maximum atomic E-state index is 5.11. The monoisotopic (exact) mass is 223 g/mol. The number of nitrogens with one attached hydrogen (secondary N) is 1. The summed E-state index contributed by atoms with van der Waals surface area (Å²) in [7, 11) is 1.61. The molecule has 4 nitrogen and oxygen atoms in total. The fourth-order valence-corrected chi connectivity index (χ4v) is 1.12. The molecule has 0 radical (unpaired) electrons. The molecule has 0 aliphatic carbocycles. The van der Waals surface area contributed by atoms with Crippen molar-refractivity contribution >= 4 is 5.95 Å². The summed E-state index contributed by atoms with van der Waals surface area (Å²) in [4.78, 5) is 8.59. The predicted molar refractivity (Wildman–Crippen MR) is 65.9 cm³/mol. The largest absolute Gasteiger partial charge is 0.481 e. The van der Waals surface area contributed by atoms with Crippen molar-refractivity contribution in [2.24, 2.45) is 5.41 Å². The minimum absolute atomic E-state index is 0.167. The van der Waals surface area contributed by atoms with Gasteiger partial charge in [-0.25, -0.2) is 4.98 Å². The van der Waals surface area contributed by atoms with E-state index < -0.39 is 0 Å². The van der Waals surface area contributed by atoms with E-state index in [-0.39, 0.29) is 5.41 Å². The molecule has 0 aliphatic rings. The molecule has 1 atom stereocenters. The Morgan fingerprint density at radius 1 is 1.31 bits per heavy atom. The molecule has 0 spiro atoms. The highest BCUT2D eigenvalue weighted by Crippen LogP contribution is 2.22. The Morgan fingerprint density at radius 2 is 1.94 bits per heavy atom. The number of aromatic nitrogens is 2. The topological polar surface area (TPSA) is 47.0 Å². The average Bonchev–Trinajstić information content (AvgIpc) is 2.15. The first kappa shape index (κ1) is 12.7. The van der Waals surface area contributed by atoms with Gasteiger partial charge in [0.25, 0.3) is 0 Å². The molecule has 0 saturated carbocycles. The molecule has 0 fully saturated rings. The second kappa shape index (κ2) is 4.68. The summed E-state index contributed by atoms with van der Waals surface area (Å²) in [5.74, 6) is 1.22. The van der Waals surface area contributed by atoms with Crippen molar-refractivity contribution in [1.29, 1.82) is 0 Å². The first-order chi connectivity index (χ1) is 7.32. The first-order valence-electron chi connectivity index (χ1n) is 5.49. The Labute approximate surface area is 97.5 Å². The van der Waals surface area contributed by atoms with Gasteiger partial charge < -0.3 is 10.1 Å². The van der Waals surface area contributed by atoms with Crippen LogP contribution in [0.25, 0.3) is 0 Å². The highest BCUT2D eigenvalue weighted by Gasteiger charge is 2.20. The summed E-state index contributed by atoms with van der Waals surface area (Å²) < 4.78 is 5.11. The molecule has 0 amide bonds. The third-order valence-electron chi connectivity index (χ3n) is 2.68. The number of hydrogen-bond donors (Lipinski definition) is 1. The van der Waals surface area contributed by atoms with Crippen LogP contribution in [0.2, 0.25) is 0 Å². The molecule has 1 rings (SSSR count). The number of anilines is 1. The van der Waals surface area contributed by atoms with Crippen LogP contribution < -0.4 is 10.1 Å². The van der Waals surface area contributed by atoms with Gasteiger partial charge in [0.2, 0.25) is 11.8 Å². The van der Waals surface area contributed by atoms with Gasteiger partial charge in [0.15, 0.2) is 0 Å². The van der Waals surface area contributed by atoms with E-state index in [0.717, 1.165) is 5.69 Å². The highest BCUT2D eigenvalue weighted by molar-refractivity contribution is 5.32. The van der Waals surface area contributed by atoms with Crippen LogP contribution in [0.1, 0.15) is 33.4 Å². The van der Waals surface area contributed by atoms with Crippen LogP contribution in [0, 0.1) is 12.3 Å². The van der Waals surface area contributed by atoms with Crippen LogP contribution >= 0.6 is 0 Å². The van der Waals surface area contributed by atoms with Gasteiger partial charge in [-0.3, -0.25) is 0 Å². The van der Waals surface area contributed by atoms with Crippen molar-refractivity contribution in [3.63, 3.8) is 0 Å². The zero-order chi connectivity index (χ0) is 12.3. The van der Waals surface area contributed by atoms with Gasteiger partial charge in [0, 0.05) is 17.8 Å². The fourth-order valence-electron chi connectivity index (χ4n) is 1.12. The van der Waals surface area contributed by atoms with E-state index in [2.05, 4.69) is 43.0 Å². The van der Waals surface area contributed by atoms with Crippen molar-refractivity contribution in [3.05, 3.63) is 11.8 Å². The Kier molecular flexibility index (Phi) is 3.73. The minimum atomic E-state index is 0.167. The molecule has 1 unspecified atom stereocenters. The number of hydrogen-bond acceptors (Lipinski definition) is 4. The number of nitrogens with zero attached hydrogens (tertiary/aromatic N) is 2. The van der Waals surface area contributed by atoms with E-state index in [4.69, 9.17) is 4.74 Å². The first-order valence-corrected chi connectivity index (χ1v) is 5.49. The van der Waals surface area contributed by atoms with Gasteiger partial charge in [0.1, 0.15) is 0 Å². The molecule has 0 bridgehead atoms. The molecule has 1 heterocycles. The van der Waals surface area contributed by atoms with E-state index >= 15 is 0 Å². The predicted octanol–water partition coefficient (Wildman–Crippen LogP) is 2.64. The van der Waals surface area contributed by atoms with Crippen molar-refractivity contribution in [3.8, 4) is 5.88 Å². The standard InChI is InChI=1S/C12H21N3O/c1-8-7-10(16-6)15-11(13-8)14-9(2)12(3,4)5/h7,9H,1-6H3,(H,13,14,15). The van der Waals surface area contributed by atoms with Crippen molar-refractivity contribution < 1.29 is 4.74 Å². The minimum Gasteiger partial charge on any atom is -0.481 e. The normalized spacial score (nSPS) is 13.4. The van der Waals surface area contributed by atoms with Gasteiger partial charge in [-0.1, -0.05) is 20.8 Å². The Morgan fingerprint density at radius 3 is 2.44 bits per heavy atom. The summed E-state index contributed by atoms with van der Waals surface area (Å²) in [6, 6.07) is 2.10. The number of methoxy groups -OCH3 is 1. The van der Waals surface area contributed by atoms with Crippen LogP contribution in [0.3, 0.4) is 0 Å². The van der Waals surface area contributed by atoms with Gasteiger partial charge in [-0.15, -0.1) is 0 Å². The van der Waals surface area contributed by atoms with E-state index in [1.54, 1.807) is 7.11 Å². The van der Waals surface area contributed by atoms with Crippen LogP contribution in [-0.4, -0.2) is 23.1 Å². The molecule has 0 aliphatic heterocycles. The lowest BCUT2D eigenvalue weighted by Gasteiger charge is -2.28. The molecule has 0 aromatic carbocycles. The SMILES string of the molecule is COc1cc(C)nc(NC(C)C(C)(C)C)n1. The van der Waals surface area contributed by atoms with Crippen LogP contribution in [0.4, 0.5) is 5.95 Å². The molecule has 16 heavy (non-hydrogen) atoms. The zero-order valence-corrected chi connectivity index (χ0v) is 11.0. The lowest BCUT2D eigenvalue weighted by atomic mass is 9.88. The highest BCUT2D eigenvalue weighted by atomic mass is 16.5. The van der Waals surface area contributed by atoms with E-state index in [9.17, 15) is 0 Å². The smallest absolute Gasteiger partial charge is 0.226 e. The van der Waals surface area contributed by atoms with Crippen molar-refractivity contribution in [2.45, 2.75) is 40.7 Å². The summed E-state index contributed by atoms with van der Waals surface area (Å²) in [6.07, 6.45) is 0. The maximum absolute atomic E-state index is 5.11. The van der Waals surface area contributed by atoms with E-state index in [1.807, 2.05) is 13.0 Å². The Bertz CT molecular complexity index is 358. The molecular formula is C12H21N3O. The molecule has 4 heteroatoms. The summed E-state index contributed by atoms with van der Waals surface area (Å²) in [5, 5.41) is 3.30. The molecule has 1 aromatic heterocycles. The summed E-state index contributed by atoms with van der Waals surface area (Å²) in [6.45, 7) is 10.6. The molecule has 1 aromatic rings. The zero-order valence-electron chi connectivity index (χ0n) is 11.0. The summed E-state index contributed by atoms with van der Waals surface area (Å²) in [5.41, 5.74) is 1.07. The second-order valence-electron chi connectivity index (χ2n) is 5.11. The third kappa shape index (κ3) is 3.36. The van der Waals surface area contributed by atoms with E-state index in [0.29, 0.717) is 17.9 Å². The van der Waals surface area contributed by atoms with E-state index in [1.165, 1.54) is 0 Å².